The van der Waals surface area contributed by atoms with Crippen molar-refractivity contribution in [2.45, 2.75) is 25.2 Å². The van der Waals surface area contributed by atoms with Gasteiger partial charge in [0, 0.05) is 12.6 Å². The van der Waals surface area contributed by atoms with Gasteiger partial charge >= 0.3 is 0 Å². The number of ether oxygens (including phenoxy) is 1. The minimum Gasteiger partial charge on any atom is -0.486 e. The van der Waals surface area contributed by atoms with Crippen LogP contribution in [0.2, 0.25) is 20.1 Å². The van der Waals surface area contributed by atoms with E-state index in [2.05, 4.69) is 15.5 Å². The van der Waals surface area contributed by atoms with Crippen LogP contribution in [0.1, 0.15) is 12.7 Å². The molecule has 0 saturated heterocycles. The van der Waals surface area contributed by atoms with E-state index >= 15 is 0 Å². The Bertz CT molecular complexity index is 1110. The SMILES string of the molecule is CCn1c(COc2ccc(F)c(Cl)c2)nnc1SCC(=O)Nc1cc(Cl)c(Cl)cc1Cl. The summed E-state index contributed by atoms with van der Waals surface area (Å²) in [6.07, 6.45) is 0. The van der Waals surface area contributed by atoms with Crippen LogP contribution in [0.4, 0.5) is 10.1 Å². The first-order chi connectivity index (χ1) is 14.8. The summed E-state index contributed by atoms with van der Waals surface area (Å²) >= 11 is 24.9. The molecule has 1 aromatic heterocycles. The molecule has 0 unspecified atom stereocenters. The monoisotopic (exact) mass is 522 g/mol. The van der Waals surface area contributed by atoms with Crippen LogP contribution in [0.3, 0.4) is 0 Å². The average Bonchev–Trinajstić information content (AvgIpc) is 3.13. The van der Waals surface area contributed by atoms with E-state index in [1.54, 1.807) is 0 Å². The average molecular weight is 524 g/mol. The number of nitrogens with one attached hydrogen (secondary N) is 1. The van der Waals surface area contributed by atoms with E-state index in [1.807, 2.05) is 11.5 Å². The highest BCUT2D eigenvalue weighted by molar-refractivity contribution is 7.99. The van der Waals surface area contributed by atoms with Gasteiger partial charge in [-0.15, -0.1) is 10.2 Å². The van der Waals surface area contributed by atoms with Gasteiger partial charge < -0.3 is 14.6 Å². The van der Waals surface area contributed by atoms with Crippen LogP contribution in [0.5, 0.6) is 5.75 Å². The Hall–Kier alpha value is -1.71. The van der Waals surface area contributed by atoms with Gasteiger partial charge in [-0.2, -0.15) is 0 Å². The van der Waals surface area contributed by atoms with Crippen molar-refractivity contribution < 1.29 is 13.9 Å². The third kappa shape index (κ3) is 6.17. The summed E-state index contributed by atoms with van der Waals surface area (Å²) in [4.78, 5) is 12.3. The van der Waals surface area contributed by atoms with Crippen LogP contribution in [-0.4, -0.2) is 26.4 Å². The molecule has 0 bridgehead atoms. The molecule has 31 heavy (non-hydrogen) atoms. The minimum absolute atomic E-state index is 0.0289. The summed E-state index contributed by atoms with van der Waals surface area (Å²) in [5.74, 6) is 0.213. The number of anilines is 1. The van der Waals surface area contributed by atoms with E-state index < -0.39 is 5.82 Å². The zero-order valence-corrected chi connectivity index (χ0v) is 19.8. The van der Waals surface area contributed by atoms with Crippen molar-refractivity contribution in [1.29, 1.82) is 0 Å². The van der Waals surface area contributed by atoms with Crippen molar-refractivity contribution in [3.05, 3.63) is 62.1 Å². The predicted octanol–water partition coefficient (Wildman–Crippen LogP) is 6.36. The number of carbonyl (C=O) groups is 1. The molecule has 1 amide bonds. The summed E-state index contributed by atoms with van der Waals surface area (Å²) in [6.45, 7) is 2.59. The van der Waals surface area contributed by atoms with E-state index in [0.717, 1.165) is 0 Å². The fourth-order valence-corrected chi connectivity index (χ4v) is 4.09. The first kappa shape index (κ1) is 23.9. The quantitative estimate of drug-likeness (QED) is 0.275. The summed E-state index contributed by atoms with van der Waals surface area (Å²) in [7, 11) is 0. The number of hydrogen-bond acceptors (Lipinski definition) is 5. The second-order valence-corrected chi connectivity index (χ2v) is 8.66. The molecule has 3 aromatic rings. The molecule has 0 atom stereocenters. The summed E-state index contributed by atoms with van der Waals surface area (Å²) in [6, 6.07) is 7.03. The number of benzene rings is 2. The highest BCUT2D eigenvalue weighted by atomic mass is 35.5. The molecule has 164 valence electrons. The van der Waals surface area contributed by atoms with Crippen LogP contribution in [-0.2, 0) is 17.9 Å². The van der Waals surface area contributed by atoms with Crippen LogP contribution in [0.25, 0.3) is 0 Å². The van der Waals surface area contributed by atoms with Crippen LogP contribution >= 0.6 is 58.2 Å². The van der Waals surface area contributed by atoms with E-state index in [0.29, 0.717) is 34.0 Å². The minimum atomic E-state index is -0.523. The Morgan fingerprint density at radius 3 is 2.55 bits per heavy atom. The topological polar surface area (TPSA) is 69.0 Å². The molecule has 0 aliphatic heterocycles. The van der Waals surface area contributed by atoms with Crippen molar-refractivity contribution in [3.63, 3.8) is 0 Å². The number of hydrogen-bond donors (Lipinski definition) is 1. The molecule has 1 heterocycles. The van der Waals surface area contributed by atoms with Gasteiger partial charge in [0.15, 0.2) is 11.0 Å². The lowest BCUT2D eigenvalue weighted by atomic mass is 10.3. The van der Waals surface area contributed by atoms with E-state index in [-0.39, 0.29) is 33.3 Å². The molecule has 0 spiro atoms. The first-order valence-corrected chi connectivity index (χ1v) is 11.3. The number of aromatic nitrogens is 3. The fraction of sp³-hybridized carbons (Fsp3) is 0.211. The predicted molar refractivity (Wildman–Crippen MR) is 122 cm³/mol. The summed E-state index contributed by atoms with van der Waals surface area (Å²) in [5.41, 5.74) is 0.366. The van der Waals surface area contributed by atoms with E-state index in [1.165, 1.54) is 42.1 Å². The lowest BCUT2D eigenvalue weighted by molar-refractivity contribution is -0.113. The Labute approximate surface area is 202 Å². The largest absolute Gasteiger partial charge is 0.486 e. The summed E-state index contributed by atoms with van der Waals surface area (Å²) in [5, 5.41) is 12.3. The Morgan fingerprint density at radius 1 is 1.10 bits per heavy atom. The Kier molecular flexibility index (Phi) is 8.30. The van der Waals surface area contributed by atoms with Crippen molar-refractivity contribution >= 4 is 69.8 Å². The van der Waals surface area contributed by atoms with Gasteiger partial charge in [-0.25, -0.2) is 4.39 Å². The van der Waals surface area contributed by atoms with E-state index in [9.17, 15) is 9.18 Å². The second kappa shape index (κ2) is 10.7. The normalized spacial score (nSPS) is 10.9. The molecular formula is C19H15Cl4FN4O2S. The van der Waals surface area contributed by atoms with E-state index in [4.69, 9.17) is 51.1 Å². The molecule has 0 aliphatic carbocycles. The van der Waals surface area contributed by atoms with Crippen molar-refractivity contribution in [1.82, 2.24) is 14.8 Å². The number of rotatable bonds is 8. The molecule has 2 aromatic carbocycles. The lowest BCUT2D eigenvalue weighted by Crippen LogP contribution is -2.15. The molecule has 0 saturated carbocycles. The van der Waals surface area contributed by atoms with Crippen molar-refractivity contribution in [2.75, 3.05) is 11.1 Å². The molecule has 0 aliphatic rings. The van der Waals surface area contributed by atoms with Crippen LogP contribution in [0.15, 0.2) is 35.5 Å². The van der Waals surface area contributed by atoms with Crippen molar-refractivity contribution in [2.24, 2.45) is 0 Å². The van der Waals surface area contributed by atoms with Gasteiger partial charge in [0.2, 0.25) is 5.91 Å². The zero-order chi connectivity index (χ0) is 22.5. The highest BCUT2D eigenvalue weighted by Crippen LogP contribution is 2.32. The number of nitrogens with zero attached hydrogens (tertiary/aromatic N) is 3. The number of carbonyl (C=O) groups excluding carboxylic acids is 1. The standard InChI is InChI=1S/C19H15Cl4FN4O2S/c1-2-28-17(8-30-10-3-4-15(24)13(22)5-10)26-27-19(28)31-9-18(29)25-16-7-12(21)11(20)6-14(16)23/h3-7H,2,8-9H2,1H3,(H,25,29). The fourth-order valence-electron chi connectivity index (χ4n) is 2.50. The Balaban J connectivity index is 1.60. The number of thioether (sulfide) groups is 1. The van der Waals surface area contributed by atoms with Crippen LogP contribution in [0, 0.1) is 5.82 Å². The van der Waals surface area contributed by atoms with Gasteiger partial charge in [-0.3, -0.25) is 4.79 Å². The van der Waals surface area contributed by atoms with Gasteiger partial charge in [0.05, 0.1) is 31.5 Å². The Morgan fingerprint density at radius 2 is 1.84 bits per heavy atom. The molecule has 6 nitrogen and oxygen atoms in total. The zero-order valence-electron chi connectivity index (χ0n) is 16.0. The molecule has 3 rings (SSSR count). The van der Waals surface area contributed by atoms with Gasteiger partial charge in [0.1, 0.15) is 18.2 Å². The molecule has 0 radical (unpaired) electrons. The molecule has 1 N–H and O–H groups in total. The van der Waals surface area contributed by atoms with Gasteiger partial charge in [-0.05, 0) is 31.2 Å². The van der Waals surface area contributed by atoms with Gasteiger partial charge in [-0.1, -0.05) is 58.2 Å². The van der Waals surface area contributed by atoms with Crippen molar-refractivity contribution in [3.8, 4) is 5.75 Å². The first-order valence-electron chi connectivity index (χ1n) is 8.85. The smallest absolute Gasteiger partial charge is 0.234 e. The maximum atomic E-state index is 13.3. The maximum absolute atomic E-state index is 13.3. The molecule has 0 fully saturated rings. The van der Waals surface area contributed by atoms with Crippen LogP contribution < -0.4 is 10.1 Å². The summed E-state index contributed by atoms with van der Waals surface area (Å²) < 4.78 is 20.7. The van der Waals surface area contributed by atoms with Gasteiger partial charge in [0.25, 0.3) is 0 Å². The third-order valence-corrected chi connectivity index (χ3v) is 6.28. The third-order valence-electron chi connectivity index (χ3n) is 3.99. The molecule has 12 heteroatoms. The highest BCUT2D eigenvalue weighted by Gasteiger charge is 2.15. The maximum Gasteiger partial charge on any atom is 0.234 e. The number of amides is 1. The number of halogens is 5. The molecular weight excluding hydrogens is 509 g/mol. The second-order valence-electron chi connectivity index (χ2n) is 6.09. The lowest BCUT2D eigenvalue weighted by Gasteiger charge is -2.10.